The van der Waals surface area contributed by atoms with Crippen LogP contribution >= 0.6 is 0 Å². The minimum absolute atomic E-state index is 0.0424. The first-order chi connectivity index (χ1) is 11.0. The van der Waals surface area contributed by atoms with Crippen LogP contribution in [0.25, 0.3) is 10.9 Å². The number of rotatable bonds is 3. The van der Waals surface area contributed by atoms with Crippen LogP contribution < -0.4 is 15.8 Å². The summed E-state index contributed by atoms with van der Waals surface area (Å²) in [5.41, 5.74) is 0.580. The van der Waals surface area contributed by atoms with E-state index in [1.54, 1.807) is 6.07 Å². The highest BCUT2D eigenvalue weighted by atomic mass is 16.2. The van der Waals surface area contributed by atoms with E-state index in [4.69, 9.17) is 0 Å². The van der Waals surface area contributed by atoms with E-state index in [0.29, 0.717) is 16.9 Å². The van der Waals surface area contributed by atoms with Gasteiger partial charge >= 0.3 is 0 Å². The third kappa shape index (κ3) is 3.36. The Kier molecular flexibility index (Phi) is 4.32. The smallest absolute Gasteiger partial charge is 0.260 e. The van der Waals surface area contributed by atoms with Gasteiger partial charge in [-0.1, -0.05) is 12.1 Å². The second-order valence-corrected chi connectivity index (χ2v) is 6.33. The van der Waals surface area contributed by atoms with Crippen LogP contribution in [0.2, 0.25) is 0 Å². The van der Waals surface area contributed by atoms with Crippen molar-refractivity contribution in [1.82, 2.24) is 15.3 Å². The van der Waals surface area contributed by atoms with Crippen molar-refractivity contribution in [2.24, 2.45) is 5.92 Å². The van der Waals surface area contributed by atoms with Gasteiger partial charge in [-0.2, -0.15) is 0 Å². The van der Waals surface area contributed by atoms with E-state index in [2.05, 4.69) is 15.3 Å². The Labute approximate surface area is 134 Å². The number of carbonyl (C=O) groups is 1. The average Bonchev–Trinajstić information content (AvgIpc) is 2.54. The van der Waals surface area contributed by atoms with Gasteiger partial charge in [0.25, 0.3) is 5.56 Å². The largest absolute Gasteiger partial charge is 0.354 e. The molecule has 2 heterocycles. The molecule has 1 fully saturated rings. The predicted octanol–water partition coefficient (Wildman–Crippen LogP) is 1.66. The third-order valence-corrected chi connectivity index (χ3v) is 4.20. The number of piperidine rings is 1. The SMILES string of the molecule is CC(C)NC(=O)C1CCN(c2nc3ccccc3c(=O)[nH]2)CC1. The van der Waals surface area contributed by atoms with Crippen molar-refractivity contribution in [3.05, 3.63) is 34.6 Å². The third-order valence-electron chi connectivity index (χ3n) is 4.20. The molecule has 3 rings (SSSR count). The zero-order valence-electron chi connectivity index (χ0n) is 13.5. The number of nitrogens with zero attached hydrogens (tertiary/aromatic N) is 2. The molecule has 6 heteroatoms. The van der Waals surface area contributed by atoms with Crippen molar-refractivity contribution >= 4 is 22.8 Å². The molecule has 0 atom stereocenters. The Hall–Kier alpha value is -2.37. The van der Waals surface area contributed by atoms with Crippen LogP contribution in [-0.2, 0) is 4.79 Å². The number of nitrogens with one attached hydrogen (secondary N) is 2. The Balaban J connectivity index is 1.73. The zero-order valence-corrected chi connectivity index (χ0v) is 13.5. The van der Waals surface area contributed by atoms with E-state index in [-0.39, 0.29) is 23.4 Å². The molecule has 1 aliphatic heterocycles. The second kappa shape index (κ2) is 6.40. The van der Waals surface area contributed by atoms with Crippen molar-refractivity contribution in [2.75, 3.05) is 18.0 Å². The Morgan fingerprint density at radius 1 is 1.30 bits per heavy atom. The molecule has 6 nitrogen and oxygen atoms in total. The Morgan fingerprint density at radius 3 is 2.70 bits per heavy atom. The van der Waals surface area contributed by atoms with Crippen LogP contribution in [0.4, 0.5) is 5.95 Å². The fourth-order valence-corrected chi connectivity index (χ4v) is 2.98. The van der Waals surface area contributed by atoms with Crippen molar-refractivity contribution in [3.63, 3.8) is 0 Å². The molecule has 122 valence electrons. The number of amides is 1. The second-order valence-electron chi connectivity index (χ2n) is 6.33. The normalized spacial score (nSPS) is 16.0. The number of fused-ring (bicyclic) bond motifs is 1. The lowest BCUT2D eigenvalue weighted by Crippen LogP contribution is -2.43. The summed E-state index contributed by atoms with van der Waals surface area (Å²) < 4.78 is 0. The number of hydrogen-bond donors (Lipinski definition) is 2. The summed E-state index contributed by atoms with van der Waals surface area (Å²) in [7, 11) is 0. The summed E-state index contributed by atoms with van der Waals surface area (Å²) in [6.07, 6.45) is 1.55. The van der Waals surface area contributed by atoms with Gasteiger partial charge in [0, 0.05) is 25.0 Å². The van der Waals surface area contributed by atoms with Crippen LogP contribution in [-0.4, -0.2) is 35.0 Å². The van der Waals surface area contributed by atoms with Crippen LogP contribution in [0.15, 0.2) is 29.1 Å². The number of aromatic nitrogens is 2. The van der Waals surface area contributed by atoms with Gasteiger partial charge in [-0.25, -0.2) is 4.98 Å². The first kappa shape index (κ1) is 15.5. The fourth-order valence-electron chi connectivity index (χ4n) is 2.98. The van der Waals surface area contributed by atoms with Gasteiger partial charge in [0.05, 0.1) is 10.9 Å². The van der Waals surface area contributed by atoms with E-state index in [0.717, 1.165) is 25.9 Å². The number of anilines is 1. The zero-order chi connectivity index (χ0) is 16.4. The first-order valence-corrected chi connectivity index (χ1v) is 8.09. The monoisotopic (exact) mass is 314 g/mol. The highest BCUT2D eigenvalue weighted by Gasteiger charge is 2.26. The van der Waals surface area contributed by atoms with Crippen molar-refractivity contribution < 1.29 is 4.79 Å². The summed E-state index contributed by atoms with van der Waals surface area (Å²) in [5.74, 6) is 0.761. The maximum absolute atomic E-state index is 12.1. The van der Waals surface area contributed by atoms with Crippen LogP contribution in [0, 0.1) is 5.92 Å². The van der Waals surface area contributed by atoms with Gasteiger partial charge in [0.2, 0.25) is 11.9 Å². The molecule has 0 spiro atoms. The van der Waals surface area contributed by atoms with Crippen molar-refractivity contribution in [1.29, 1.82) is 0 Å². The summed E-state index contributed by atoms with van der Waals surface area (Å²) >= 11 is 0. The van der Waals surface area contributed by atoms with Gasteiger partial charge in [-0.15, -0.1) is 0 Å². The van der Waals surface area contributed by atoms with Gasteiger partial charge in [-0.05, 0) is 38.8 Å². The topological polar surface area (TPSA) is 78.1 Å². The molecule has 0 aliphatic carbocycles. The highest BCUT2D eigenvalue weighted by molar-refractivity contribution is 5.79. The van der Waals surface area contributed by atoms with Crippen molar-refractivity contribution in [2.45, 2.75) is 32.7 Å². The molecule has 2 aromatic rings. The molecule has 1 saturated heterocycles. The number of carbonyl (C=O) groups excluding carboxylic acids is 1. The molecule has 2 N–H and O–H groups in total. The van der Waals surface area contributed by atoms with Crippen LogP contribution in [0.3, 0.4) is 0 Å². The average molecular weight is 314 g/mol. The maximum Gasteiger partial charge on any atom is 0.260 e. The fraction of sp³-hybridized carbons (Fsp3) is 0.471. The number of hydrogen-bond acceptors (Lipinski definition) is 4. The predicted molar refractivity (Wildman–Crippen MR) is 90.6 cm³/mol. The molecule has 1 aromatic heterocycles. The maximum atomic E-state index is 12.1. The van der Waals surface area contributed by atoms with E-state index in [9.17, 15) is 9.59 Å². The van der Waals surface area contributed by atoms with E-state index >= 15 is 0 Å². The Morgan fingerprint density at radius 2 is 2.00 bits per heavy atom. The minimum atomic E-state index is -0.120. The molecule has 23 heavy (non-hydrogen) atoms. The molecule has 1 aliphatic rings. The first-order valence-electron chi connectivity index (χ1n) is 8.09. The quantitative estimate of drug-likeness (QED) is 0.903. The summed E-state index contributed by atoms with van der Waals surface area (Å²) in [5, 5.41) is 3.57. The van der Waals surface area contributed by atoms with Crippen LogP contribution in [0.5, 0.6) is 0 Å². The van der Waals surface area contributed by atoms with Gasteiger partial charge in [-0.3, -0.25) is 14.6 Å². The number of aromatic amines is 1. The molecular weight excluding hydrogens is 292 g/mol. The van der Waals surface area contributed by atoms with E-state index < -0.39 is 0 Å². The standard InChI is InChI=1S/C17H22N4O2/c1-11(2)18-15(22)12-7-9-21(10-8-12)17-19-14-6-4-3-5-13(14)16(23)20-17/h3-6,11-12H,7-10H2,1-2H3,(H,18,22)(H,19,20,23). The van der Waals surface area contributed by atoms with Crippen molar-refractivity contribution in [3.8, 4) is 0 Å². The van der Waals surface area contributed by atoms with Gasteiger partial charge < -0.3 is 10.2 Å². The van der Waals surface area contributed by atoms with Gasteiger partial charge in [0.1, 0.15) is 0 Å². The lowest BCUT2D eigenvalue weighted by atomic mass is 9.96. The van der Waals surface area contributed by atoms with Gasteiger partial charge in [0.15, 0.2) is 0 Å². The Bertz CT molecular complexity index is 761. The molecule has 0 unspecified atom stereocenters. The summed E-state index contributed by atoms with van der Waals surface area (Å²) in [6, 6.07) is 7.49. The number of para-hydroxylation sites is 1. The lowest BCUT2D eigenvalue weighted by molar-refractivity contribution is -0.126. The molecule has 1 aromatic carbocycles. The molecule has 0 radical (unpaired) electrons. The van der Waals surface area contributed by atoms with E-state index in [1.807, 2.05) is 36.9 Å². The highest BCUT2D eigenvalue weighted by Crippen LogP contribution is 2.21. The number of benzene rings is 1. The number of H-pyrrole nitrogens is 1. The minimum Gasteiger partial charge on any atom is -0.354 e. The van der Waals surface area contributed by atoms with E-state index in [1.165, 1.54) is 0 Å². The molecular formula is C17H22N4O2. The molecule has 1 amide bonds. The van der Waals surface area contributed by atoms with Crippen LogP contribution in [0.1, 0.15) is 26.7 Å². The summed E-state index contributed by atoms with van der Waals surface area (Å²) in [6.45, 7) is 5.38. The summed E-state index contributed by atoms with van der Waals surface area (Å²) in [4.78, 5) is 33.7. The molecule has 0 saturated carbocycles. The molecule has 0 bridgehead atoms. The lowest BCUT2D eigenvalue weighted by Gasteiger charge is -2.32.